The second-order valence-corrected chi connectivity index (χ2v) is 15.0. The van der Waals surface area contributed by atoms with Crippen molar-refractivity contribution in [2.45, 2.75) is 250 Å². The van der Waals surface area contributed by atoms with Gasteiger partial charge in [-0.1, -0.05) is 206 Å². The van der Waals surface area contributed by atoms with Crippen LogP contribution in [0.4, 0.5) is 0 Å². The summed E-state index contributed by atoms with van der Waals surface area (Å²) in [4.78, 5) is 12.4. The van der Waals surface area contributed by atoms with Crippen LogP contribution in [-0.4, -0.2) is 46.1 Å². The first kappa shape index (κ1) is 47.1. The number of aliphatic hydroxyl groups excluding tert-OH is 3. The summed E-state index contributed by atoms with van der Waals surface area (Å²) in [5.41, 5.74) is 0. The molecular formula is C43H85NO4. The molecule has 0 aromatic rings. The van der Waals surface area contributed by atoms with Gasteiger partial charge >= 0.3 is 0 Å². The van der Waals surface area contributed by atoms with Gasteiger partial charge in [-0.15, -0.1) is 0 Å². The maximum absolute atomic E-state index is 12.4. The third-order valence-electron chi connectivity index (χ3n) is 10.1. The van der Waals surface area contributed by atoms with E-state index in [1.54, 1.807) is 0 Å². The van der Waals surface area contributed by atoms with E-state index >= 15 is 0 Å². The number of unbranched alkanes of at least 4 members (excludes halogenated alkanes) is 28. The Bertz CT molecular complexity index is 669. The summed E-state index contributed by atoms with van der Waals surface area (Å²) in [5, 5.41) is 33.2. The van der Waals surface area contributed by atoms with Crippen LogP contribution in [0.25, 0.3) is 0 Å². The van der Waals surface area contributed by atoms with Crippen LogP contribution in [0, 0.1) is 0 Å². The summed E-state index contributed by atoms with van der Waals surface area (Å²) in [6, 6.07) is -0.659. The Morgan fingerprint density at radius 1 is 0.500 bits per heavy atom. The minimum Gasteiger partial charge on any atom is -0.394 e. The highest BCUT2D eigenvalue weighted by Crippen LogP contribution is 2.17. The number of hydrogen-bond acceptors (Lipinski definition) is 4. The number of rotatable bonds is 39. The van der Waals surface area contributed by atoms with E-state index in [4.69, 9.17) is 0 Å². The number of nitrogens with one attached hydrogen (secondary N) is 1. The van der Waals surface area contributed by atoms with Crippen LogP contribution in [0.15, 0.2) is 12.2 Å². The van der Waals surface area contributed by atoms with Crippen molar-refractivity contribution in [3.63, 3.8) is 0 Å². The number of hydrogen-bond donors (Lipinski definition) is 4. The van der Waals surface area contributed by atoms with E-state index in [1.807, 2.05) is 0 Å². The molecule has 5 nitrogen and oxygen atoms in total. The molecule has 0 aliphatic rings. The summed E-state index contributed by atoms with van der Waals surface area (Å²) in [5.74, 6) is -0.293. The molecule has 3 unspecified atom stereocenters. The van der Waals surface area contributed by atoms with E-state index in [1.165, 1.54) is 154 Å². The van der Waals surface area contributed by atoms with Crippen molar-refractivity contribution in [3.05, 3.63) is 12.2 Å². The quantitative estimate of drug-likeness (QED) is 0.0384. The van der Waals surface area contributed by atoms with Crippen molar-refractivity contribution in [2.24, 2.45) is 0 Å². The standard InChI is InChI=1S/C43H85NO4/c1-3-5-7-9-11-13-14-15-16-17-18-19-20-21-22-23-24-25-26-27-29-31-33-35-37-42(47)41(39-45)44-43(48)38-40(46)36-34-32-30-28-12-10-8-6-4-2/h10,12,40-42,45-47H,3-9,11,13-39H2,1-2H3,(H,44,48)/b12-10-. The van der Waals surface area contributed by atoms with Gasteiger partial charge in [0.15, 0.2) is 0 Å². The second-order valence-electron chi connectivity index (χ2n) is 15.0. The van der Waals surface area contributed by atoms with Gasteiger partial charge in [0, 0.05) is 0 Å². The average molecular weight is 680 g/mol. The molecule has 0 spiro atoms. The smallest absolute Gasteiger partial charge is 0.222 e. The van der Waals surface area contributed by atoms with Crippen LogP contribution in [0.1, 0.15) is 232 Å². The highest BCUT2D eigenvalue weighted by atomic mass is 16.3. The first-order chi connectivity index (χ1) is 23.5. The van der Waals surface area contributed by atoms with Gasteiger partial charge in [-0.2, -0.15) is 0 Å². The number of allylic oxidation sites excluding steroid dienone is 2. The predicted molar refractivity (Wildman–Crippen MR) is 208 cm³/mol. The molecule has 0 aliphatic carbocycles. The molecular weight excluding hydrogens is 594 g/mol. The molecule has 0 heterocycles. The van der Waals surface area contributed by atoms with Gasteiger partial charge in [0.25, 0.3) is 0 Å². The maximum Gasteiger partial charge on any atom is 0.222 e. The molecule has 0 rings (SSSR count). The molecule has 0 bridgehead atoms. The van der Waals surface area contributed by atoms with Crippen molar-refractivity contribution in [2.75, 3.05) is 6.61 Å². The molecule has 0 fully saturated rings. The lowest BCUT2D eigenvalue weighted by molar-refractivity contribution is -0.125. The summed E-state index contributed by atoms with van der Waals surface area (Å²) < 4.78 is 0. The molecule has 4 N–H and O–H groups in total. The third kappa shape index (κ3) is 34.9. The lowest BCUT2D eigenvalue weighted by Crippen LogP contribution is -2.46. The average Bonchev–Trinajstić information content (AvgIpc) is 3.08. The molecule has 0 aliphatic heterocycles. The fourth-order valence-electron chi connectivity index (χ4n) is 6.74. The predicted octanol–water partition coefficient (Wildman–Crippen LogP) is 12.0. The number of carbonyl (C=O) groups excluding carboxylic acids is 1. The Morgan fingerprint density at radius 2 is 0.854 bits per heavy atom. The SMILES string of the molecule is CCCC/C=C\CCCCCC(O)CC(=O)NC(CO)C(O)CCCCCCCCCCCCCCCCCCCCCCCCCC. The monoisotopic (exact) mass is 680 g/mol. The van der Waals surface area contributed by atoms with Gasteiger partial charge in [0.1, 0.15) is 0 Å². The first-order valence-corrected chi connectivity index (χ1v) is 21.5. The molecule has 48 heavy (non-hydrogen) atoms. The zero-order chi connectivity index (χ0) is 35.2. The number of aliphatic hydroxyl groups is 3. The van der Waals surface area contributed by atoms with E-state index in [2.05, 4.69) is 31.3 Å². The maximum atomic E-state index is 12.4. The van der Waals surface area contributed by atoms with Gasteiger partial charge in [-0.05, 0) is 32.1 Å². The van der Waals surface area contributed by atoms with Crippen molar-refractivity contribution in [1.29, 1.82) is 0 Å². The number of amides is 1. The summed E-state index contributed by atoms with van der Waals surface area (Å²) in [7, 11) is 0. The summed E-state index contributed by atoms with van der Waals surface area (Å²) in [6.45, 7) is 4.21. The first-order valence-electron chi connectivity index (χ1n) is 21.5. The molecule has 286 valence electrons. The lowest BCUT2D eigenvalue weighted by atomic mass is 10.0. The largest absolute Gasteiger partial charge is 0.394 e. The minimum absolute atomic E-state index is 0.0274. The van der Waals surface area contributed by atoms with Gasteiger partial charge < -0.3 is 20.6 Å². The fraction of sp³-hybridized carbons (Fsp3) is 0.930. The molecule has 1 amide bonds. The third-order valence-corrected chi connectivity index (χ3v) is 10.1. The molecule has 0 aromatic carbocycles. The summed E-state index contributed by atoms with van der Waals surface area (Å²) in [6.07, 6.45) is 44.8. The minimum atomic E-state index is -0.749. The number of carbonyl (C=O) groups is 1. The Morgan fingerprint density at radius 3 is 1.27 bits per heavy atom. The van der Waals surface area contributed by atoms with Crippen LogP contribution >= 0.6 is 0 Å². The van der Waals surface area contributed by atoms with Gasteiger partial charge in [-0.3, -0.25) is 4.79 Å². The Labute approximate surface area is 299 Å². The van der Waals surface area contributed by atoms with Crippen LogP contribution in [0.5, 0.6) is 0 Å². The second kappa shape index (κ2) is 38.9. The fourth-order valence-corrected chi connectivity index (χ4v) is 6.74. The molecule has 5 heteroatoms. The molecule has 0 aromatic heterocycles. The normalized spacial score (nSPS) is 13.7. The van der Waals surface area contributed by atoms with Gasteiger partial charge in [0.05, 0.1) is 31.3 Å². The lowest BCUT2D eigenvalue weighted by Gasteiger charge is -2.23. The van der Waals surface area contributed by atoms with E-state index in [0.717, 1.165) is 44.9 Å². The van der Waals surface area contributed by atoms with Crippen LogP contribution in [-0.2, 0) is 4.79 Å². The van der Waals surface area contributed by atoms with Crippen LogP contribution < -0.4 is 5.32 Å². The molecule has 3 atom stereocenters. The molecule has 0 saturated carbocycles. The zero-order valence-corrected chi connectivity index (χ0v) is 32.4. The zero-order valence-electron chi connectivity index (χ0n) is 32.4. The van der Waals surface area contributed by atoms with Crippen molar-refractivity contribution >= 4 is 5.91 Å². The Balaban J connectivity index is 3.53. The Kier molecular flexibility index (Phi) is 38.1. The van der Waals surface area contributed by atoms with Crippen molar-refractivity contribution < 1.29 is 20.1 Å². The van der Waals surface area contributed by atoms with Crippen molar-refractivity contribution in [3.8, 4) is 0 Å². The van der Waals surface area contributed by atoms with E-state index in [-0.39, 0.29) is 18.9 Å². The van der Waals surface area contributed by atoms with E-state index < -0.39 is 18.2 Å². The molecule has 0 radical (unpaired) electrons. The highest BCUT2D eigenvalue weighted by Gasteiger charge is 2.21. The van der Waals surface area contributed by atoms with Gasteiger partial charge in [0.2, 0.25) is 5.91 Å². The Hall–Kier alpha value is -0.910. The summed E-state index contributed by atoms with van der Waals surface area (Å²) >= 11 is 0. The highest BCUT2D eigenvalue weighted by molar-refractivity contribution is 5.76. The van der Waals surface area contributed by atoms with E-state index in [0.29, 0.717) is 12.8 Å². The van der Waals surface area contributed by atoms with Gasteiger partial charge in [-0.25, -0.2) is 0 Å². The van der Waals surface area contributed by atoms with Crippen LogP contribution in [0.2, 0.25) is 0 Å². The van der Waals surface area contributed by atoms with Crippen molar-refractivity contribution in [1.82, 2.24) is 5.32 Å². The molecule has 0 saturated heterocycles. The topological polar surface area (TPSA) is 89.8 Å². The van der Waals surface area contributed by atoms with Crippen LogP contribution in [0.3, 0.4) is 0 Å². The van der Waals surface area contributed by atoms with E-state index in [9.17, 15) is 20.1 Å².